The van der Waals surface area contributed by atoms with Crippen molar-refractivity contribution in [2.75, 3.05) is 35.8 Å². The van der Waals surface area contributed by atoms with E-state index in [0.717, 1.165) is 50.9 Å². The highest BCUT2D eigenvalue weighted by Gasteiger charge is 2.50. The van der Waals surface area contributed by atoms with Crippen LogP contribution in [0.1, 0.15) is 38.5 Å². The molecule has 2 aromatic rings. The summed E-state index contributed by atoms with van der Waals surface area (Å²) in [6.07, 6.45) is 6.62. The molecule has 1 spiro atoms. The van der Waals surface area contributed by atoms with Gasteiger partial charge in [0.05, 0.1) is 5.69 Å². The fourth-order valence-electron chi connectivity index (χ4n) is 6.02. The first-order valence-corrected chi connectivity index (χ1v) is 13.4. The zero-order valence-corrected chi connectivity index (χ0v) is 20.1. The van der Waals surface area contributed by atoms with E-state index in [9.17, 15) is 12.8 Å². The Kier molecular flexibility index (Phi) is 6.18. The molecule has 1 aromatic carbocycles. The van der Waals surface area contributed by atoms with Crippen molar-refractivity contribution >= 4 is 33.1 Å². The van der Waals surface area contributed by atoms with E-state index in [4.69, 9.17) is 11.6 Å². The van der Waals surface area contributed by atoms with Crippen LogP contribution in [0.5, 0.6) is 0 Å². The predicted octanol–water partition coefficient (Wildman–Crippen LogP) is 4.80. The van der Waals surface area contributed by atoms with Crippen LogP contribution in [0.4, 0.5) is 24.7 Å². The molecule has 3 heterocycles. The summed E-state index contributed by atoms with van der Waals surface area (Å²) >= 11 is 6.28. The van der Waals surface area contributed by atoms with E-state index in [0.29, 0.717) is 19.1 Å². The van der Waals surface area contributed by atoms with Gasteiger partial charge in [-0.15, -0.1) is 0 Å². The highest BCUT2D eigenvalue weighted by Crippen LogP contribution is 2.50. The van der Waals surface area contributed by atoms with Gasteiger partial charge in [0.1, 0.15) is 16.7 Å². The normalized spacial score (nSPS) is 25.5. The first-order valence-electron chi connectivity index (χ1n) is 11.5. The van der Waals surface area contributed by atoms with Crippen LogP contribution in [0.25, 0.3) is 0 Å². The van der Waals surface area contributed by atoms with Crippen LogP contribution >= 0.6 is 11.6 Å². The monoisotopic (exact) mass is 514 g/mol. The maximum atomic E-state index is 15.2. The average Bonchev–Trinajstić information content (AvgIpc) is 3.52. The van der Waals surface area contributed by atoms with E-state index in [1.807, 2.05) is 9.62 Å². The molecule has 184 valence electrons. The van der Waals surface area contributed by atoms with Gasteiger partial charge < -0.3 is 4.90 Å². The lowest BCUT2D eigenvalue weighted by Crippen LogP contribution is -2.44. The second-order valence-electron chi connectivity index (χ2n) is 9.47. The third-order valence-electron chi connectivity index (χ3n) is 7.49. The molecule has 1 N–H and O–H groups in total. The molecule has 11 heteroatoms. The number of hydrogen-bond acceptors (Lipinski definition) is 5. The highest BCUT2D eigenvalue weighted by atomic mass is 35.5. The Bertz CT molecular complexity index is 1210. The number of benzene rings is 1. The number of nitrogens with zero attached hydrogens (tertiary/aromatic N) is 3. The van der Waals surface area contributed by atoms with Crippen molar-refractivity contribution in [2.24, 2.45) is 5.41 Å². The summed E-state index contributed by atoms with van der Waals surface area (Å²) in [5, 5.41) is -0.443. The average molecular weight is 515 g/mol. The first kappa shape index (κ1) is 23.7. The van der Waals surface area contributed by atoms with E-state index in [2.05, 4.69) is 9.88 Å². The molecule has 34 heavy (non-hydrogen) atoms. The third-order valence-corrected chi connectivity index (χ3v) is 9.24. The van der Waals surface area contributed by atoms with Crippen molar-refractivity contribution in [2.45, 2.75) is 49.5 Å². The third kappa shape index (κ3) is 4.13. The molecule has 0 radical (unpaired) electrons. The summed E-state index contributed by atoms with van der Waals surface area (Å²) in [6, 6.07) is 4.86. The molecular weight excluding hydrogens is 489 g/mol. The lowest BCUT2D eigenvalue weighted by molar-refractivity contribution is 0.126. The fraction of sp³-hybridized carbons (Fsp3) is 0.522. The van der Waals surface area contributed by atoms with Crippen LogP contribution in [0.3, 0.4) is 0 Å². The summed E-state index contributed by atoms with van der Waals surface area (Å²) < 4.78 is 70.9. The van der Waals surface area contributed by atoms with E-state index in [1.54, 1.807) is 0 Å². The number of aromatic nitrogens is 1. The molecule has 6 nitrogen and oxygen atoms in total. The molecule has 0 bridgehead atoms. The van der Waals surface area contributed by atoms with Gasteiger partial charge in [0.15, 0.2) is 10.7 Å². The topological polar surface area (TPSA) is 65.5 Å². The Hall–Kier alpha value is -2.04. The fourth-order valence-corrected chi connectivity index (χ4v) is 7.49. The molecule has 0 amide bonds. The van der Waals surface area contributed by atoms with E-state index < -0.39 is 43.3 Å². The molecule has 1 saturated carbocycles. The number of likely N-dealkylation sites (tertiary alicyclic amines) is 1. The van der Waals surface area contributed by atoms with Crippen LogP contribution in [-0.4, -0.2) is 50.5 Å². The van der Waals surface area contributed by atoms with Crippen molar-refractivity contribution < 1.29 is 21.6 Å². The Balaban J connectivity index is 1.42. The summed E-state index contributed by atoms with van der Waals surface area (Å²) in [5.41, 5.74) is 0.208. The molecule has 1 aromatic heterocycles. The summed E-state index contributed by atoms with van der Waals surface area (Å²) in [5.74, 6) is -3.96. The van der Waals surface area contributed by atoms with Gasteiger partial charge in [-0.05, 0) is 57.3 Å². The van der Waals surface area contributed by atoms with Crippen molar-refractivity contribution in [3.63, 3.8) is 0 Å². The zero-order valence-electron chi connectivity index (χ0n) is 18.5. The second kappa shape index (κ2) is 8.87. The molecule has 2 aliphatic heterocycles. The summed E-state index contributed by atoms with van der Waals surface area (Å²) in [6.45, 7) is 3.41. The number of hydrogen-bond donors (Lipinski definition) is 1. The van der Waals surface area contributed by atoms with Gasteiger partial charge in [-0.3, -0.25) is 9.62 Å². The number of halogens is 4. The minimum absolute atomic E-state index is 0.0516. The van der Waals surface area contributed by atoms with Gasteiger partial charge in [-0.1, -0.05) is 24.1 Å². The van der Waals surface area contributed by atoms with E-state index in [-0.39, 0.29) is 11.1 Å². The smallest absolute Gasteiger partial charge is 0.268 e. The molecule has 2 atom stereocenters. The first-order chi connectivity index (χ1) is 16.2. The lowest BCUT2D eigenvalue weighted by atomic mass is 9.81. The van der Waals surface area contributed by atoms with Gasteiger partial charge in [0.25, 0.3) is 10.0 Å². The van der Waals surface area contributed by atoms with Crippen molar-refractivity contribution in [3.8, 4) is 0 Å². The number of anilines is 2. The minimum atomic E-state index is -4.74. The van der Waals surface area contributed by atoms with Gasteiger partial charge in [0, 0.05) is 30.6 Å². The van der Waals surface area contributed by atoms with Crippen LogP contribution in [0.2, 0.25) is 5.02 Å². The number of nitrogens with one attached hydrogen (secondary N) is 1. The van der Waals surface area contributed by atoms with E-state index in [1.165, 1.54) is 25.0 Å². The molecule has 2 saturated heterocycles. The minimum Gasteiger partial charge on any atom is -0.370 e. The van der Waals surface area contributed by atoms with Crippen molar-refractivity contribution in [1.29, 1.82) is 0 Å². The molecule has 0 unspecified atom stereocenters. The number of sulfonamides is 1. The largest absolute Gasteiger partial charge is 0.370 e. The Morgan fingerprint density at radius 3 is 2.59 bits per heavy atom. The van der Waals surface area contributed by atoms with Crippen molar-refractivity contribution in [3.05, 3.63) is 46.9 Å². The van der Waals surface area contributed by atoms with Crippen LogP contribution in [0, 0.1) is 23.0 Å². The Morgan fingerprint density at radius 2 is 1.85 bits per heavy atom. The summed E-state index contributed by atoms with van der Waals surface area (Å²) in [7, 11) is -4.74. The van der Waals surface area contributed by atoms with E-state index >= 15 is 8.78 Å². The maximum Gasteiger partial charge on any atom is 0.268 e. The van der Waals surface area contributed by atoms with Gasteiger partial charge in [0.2, 0.25) is 5.95 Å². The SMILES string of the molecule is O=S(=O)(Nc1cccc(F)n1)c1c(F)cc(N2CC[C@@]3(CCC[C@@H]3N3CCCC3)C2)c(Cl)c1F. The van der Waals surface area contributed by atoms with Crippen LogP contribution in [-0.2, 0) is 10.0 Å². The maximum absolute atomic E-state index is 15.2. The number of pyridine rings is 1. The zero-order chi connectivity index (χ0) is 24.1. The molecular formula is C23H26ClF3N4O2S. The molecule has 5 rings (SSSR count). The quantitative estimate of drug-likeness (QED) is 0.459. The van der Waals surface area contributed by atoms with Gasteiger partial charge in [-0.2, -0.15) is 4.39 Å². The van der Waals surface area contributed by atoms with Crippen LogP contribution < -0.4 is 9.62 Å². The predicted molar refractivity (Wildman–Crippen MR) is 124 cm³/mol. The molecule has 3 fully saturated rings. The second-order valence-corrected chi connectivity index (χ2v) is 11.5. The van der Waals surface area contributed by atoms with Gasteiger partial charge in [-0.25, -0.2) is 22.2 Å². The van der Waals surface area contributed by atoms with Crippen LogP contribution in [0.15, 0.2) is 29.2 Å². The summed E-state index contributed by atoms with van der Waals surface area (Å²) in [4.78, 5) is 6.60. The Morgan fingerprint density at radius 1 is 1.09 bits per heavy atom. The molecule has 3 aliphatic rings. The highest BCUT2D eigenvalue weighted by molar-refractivity contribution is 7.92. The van der Waals surface area contributed by atoms with Crippen molar-refractivity contribution in [1.82, 2.24) is 9.88 Å². The molecule has 1 aliphatic carbocycles. The Labute approximate surface area is 202 Å². The lowest BCUT2D eigenvalue weighted by Gasteiger charge is -2.38. The van der Waals surface area contributed by atoms with Gasteiger partial charge >= 0.3 is 0 Å². The number of rotatable bonds is 5. The standard InChI is InChI=1S/C23H26ClF3N4O2S/c24-20-16(31-12-9-23(14-31)8-4-5-17(23)30-10-1-2-11-30)13-15(25)22(21(20)27)34(32,33)29-19-7-3-6-18(26)28-19/h3,6-7,13,17H,1-2,4-5,8-12,14H2,(H,28,29)/t17-,23-/m0/s1.